The molecular weight excluding hydrogens is 351 g/mol. The summed E-state index contributed by atoms with van der Waals surface area (Å²) in [5.41, 5.74) is 2.28. The minimum absolute atomic E-state index is 0.0752. The summed E-state index contributed by atoms with van der Waals surface area (Å²) in [5.74, 6) is 3.28. The lowest BCUT2D eigenvalue weighted by molar-refractivity contribution is 0.773. The molecule has 1 saturated heterocycles. The Hall–Kier alpha value is -1.73. The minimum Gasteiger partial charge on any atom is -0.229 e. The second-order valence-corrected chi connectivity index (χ2v) is 7.29. The highest BCUT2D eigenvalue weighted by atomic mass is 32.3. The molecule has 0 spiro atoms. The Morgan fingerprint density at radius 3 is 2.92 bits per heavy atom. The third kappa shape index (κ3) is 2.47. The number of allylic oxidation sites excluding steroid dienone is 2. The van der Waals surface area contributed by atoms with Gasteiger partial charge in [-0.05, 0) is 23.6 Å². The van der Waals surface area contributed by atoms with Gasteiger partial charge < -0.3 is 0 Å². The molecule has 2 aromatic rings. The van der Waals surface area contributed by atoms with Crippen LogP contribution in [0.5, 0.6) is 0 Å². The molecular formula is C14H12BF2N5S2. The van der Waals surface area contributed by atoms with E-state index < -0.39 is 0 Å². The zero-order chi connectivity index (χ0) is 16.7. The smallest absolute Gasteiger partial charge is 0.229 e. The molecule has 1 fully saturated rings. The molecule has 122 valence electrons. The Morgan fingerprint density at radius 2 is 2.21 bits per heavy atom. The average Bonchev–Trinajstić information content (AvgIpc) is 3.17. The van der Waals surface area contributed by atoms with Gasteiger partial charge in [-0.2, -0.15) is 13.3 Å². The van der Waals surface area contributed by atoms with Crippen LogP contribution in [0.3, 0.4) is 0 Å². The molecule has 2 atom stereocenters. The molecule has 4 heterocycles. The predicted octanol–water partition coefficient (Wildman–Crippen LogP) is 4.48. The van der Waals surface area contributed by atoms with E-state index in [2.05, 4.69) is 22.1 Å². The van der Waals surface area contributed by atoms with Gasteiger partial charge in [-0.25, -0.2) is 10.2 Å². The summed E-state index contributed by atoms with van der Waals surface area (Å²) in [4.78, 5) is 4.58. The number of nitrogens with zero attached hydrogens (tertiary/aromatic N) is 5. The van der Waals surface area contributed by atoms with Gasteiger partial charge in [0.15, 0.2) is 36.1 Å². The highest BCUT2D eigenvalue weighted by molar-refractivity contribution is 8.13. The van der Waals surface area contributed by atoms with E-state index in [0.717, 1.165) is 28.5 Å². The second-order valence-electron chi connectivity index (χ2n) is 6.05. The third-order valence-electron chi connectivity index (χ3n) is 4.87. The highest BCUT2D eigenvalue weighted by Crippen LogP contribution is 2.50. The summed E-state index contributed by atoms with van der Waals surface area (Å²) < 4.78 is 28.3. The zero-order valence-electron chi connectivity index (χ0n) is 12.5. The van der Waals surface area contributed by atoms with Gasteiger partial charge in [0.1, 0.15) is 0 Å². The average molecular weight is 363 g/mol. The summed E-state index contributed by atoms with van der Waals surface area (Å²) in [6.07, 6.45) is 6.49. The number of fused-ring (bicyclic) bond motifs is 3. The monoisotopic (exact) mass is 363 g/mol. The lowest BCUT2D eigenvalue weighted by Gasteiger charge is -2.22. The van der Waals surface area contributed by atoms with Crippen molar-refractivity contribution in [3.8, 4) is 5.97 Å². The molecule has 10 heteroatoms. The number of halogens is 2. The maximum Gasteiger partial charge on any atom is 0.278 e. The van der Waals surface area contributed by atoms with Crippen LogP contribution in [0.4, 0.5) is 13.6 Å². The van der Waals surface area contributed by atoms with Crippen molar-refractivity contribution in [2.45, 2.75) is 30.9 Å². The predicted molar refractivity (Wildman–Crippen MR) is 93.6 cm³/mol. The van der Waals surface area contributed by atoms with Crippen LogP contribution < -0.4 is 3.71 Å². The van der Waals surface area contributed by atoms with E-state index in [1.807, 2.05) is 0 Å². The van der Waals surface area contributed by atoms with Gasteiger partial charge in [0.2, 0.25) is 0 Å². The van der Waals surface area contributed by atoms with Crippen molar-refractivity contribution < 1.29 is 7.77 Å². The molecule has 0 N–H and O–H groups in total. The number of anilines is 1. The van der Waals surface area contributed by atoms with Crippen LogP contribution in [0.2, 0.25) is 11.6 Å². The van der Waals surface area contributed by atoms with E-state index >= 15 is 0 Å². The molecule has 0 amide bonds. The van der Waals surface area contributed by atoms with Crippen molar-refractivity contribution in [3.63, 3.8) is 0 Å². The van der Waals surface area contributed by atoms with Crippen LogP contribution in [0.1, 0.15) is 25.0 Å². The number of rotatable bonds is 4. The van der Waals surface area contributed by atoms with E-state index in [1.54, 1.807) is 18.3 Å². The lowest BCUT2D eigenvalue weighted by atomic mass is 9.36. The molecule has 2 aromatic heterocycles. The van der Waals surface area contributed by atoms with Gasteiger partial charge in [0.05, 0.1) is 11.9 Å². The van der Waals surface area contributed by atoms with Crippen molar-refractivity contribution in [1.82, 2.24) is 14.6 Å². The highest BCUT2D eigenvalue weighted by Gasteiger charge is 2.43. The van der Waals surface area contributed by atoms with Crippen LogP contribution in [-0.2, 0) is 0 Å². The Kier molecular flexibility index (Phi) is 4.14. The van der Waals surface area contributed by atoms with Gasteiger partial charge in [0, 0.05) is 18.1 Å². The quantitative estimate of drug-likeness (QED) is 0.590. The molecule has 0 radical (unpaired) electrons. The molecule has 2 unspecified atom stereocenters. The fraction of sp³-hybridized carbons (Fsp3) is 0.357. The number of aromatic nitrogens is 3. The summed E-state index contributed by atoms with van der Waals surface area (Å²) in [6.45, 7) is 0.0752. The molecule has 4 rings (SSSR count). The Morgan fingerprint density at radius 1 is 1.38 bits per heavy atom. The second kappa shape index (κ2) is 6.29. The number of hydrogen-bond acceptors (Lipinski definition) is 6. The van der Waals surface area contributed by atoms with Crippen LogP contribution in [0.15, 0.2) is 24.4 Å². The summed E-state index contributed by atoms with van der Waals surface area (Å²) in [7, 11) is 0. The Bertz CT molecular complexity index is 847. The van der Waals surface area contributed by atoms with Gasteiger partial charge in [0.25, 0.3) is 6.71 Å². The van der Waals surface area contributed by atoms with Gasteiger partial charge in [-0.1, -0.05) is 18.9 Å². The summed E-state index contributed by atoms with van der Waals surface area (Å²) in [5, 5.41) is 13.4. The van der Waals surface area contributed by atoms with E-state index in [1.165, 1.54) is 4.52 Å². The minimum atomic E-state index is -0.216. The van der Waals surface area contributed by atoms with E-state index in [0.29, 0.717) is 17.2 Å². The Balaban J connectivity index is 1.79. The topological polar surface area (TPSA) is 57.2 Å². The molecule has 0 aromatic carbocycles. The molecule has 24 heavy (non-hydrogen) atoms. The zero-order valence-corrected chi connectivity index (χ0v) is 14.1. The maximum absolute atomic E-state index is 13.1. The molecule has 2 aliphatic heterocycles. The van der Waals surface area contributed by atoms with Crippen LogP contribution in [-0.4, -0.2) is 21.3 Å². The number of nitriles is 1. The van der Waals surface area contributed by atoms with Crippen LogP contribution in [0, 0.1) is 11.2 Å². The largest absolute Gasteiger partial charge is 0.278 e. The number of hydrogen-bond donors (Lipinski definition) is 0. The van der Waals surface area contributed by atoms with Gasteiger partial charge in [-0.3, -0.25) is 0 Å². The maximum atomic E-state index is 13.1. The van der Waals surface area contributed by atoms with Crippen LogP contribution >= 0.6 is 24.7 Å². The SMILES string of the molecule is N#CB1C2C=C(c3cc(N(SF)SF)n4nccc4n3)CC1CC2. The molecule has 0 aliphatic carbocycles. The first-order chi connectivity index (χ1) is 11.7. The summed E-state index contributed by atoms with van der Waals surface area (Å²) in [6, 6.07) is 3.35. The Labute approximate surface area is 147 Å². The van der Waals surface area contributed by atoms with E-state index in [-0.39, 0.29) is 43.0 Å². The van der Waals surface area contributed by atoms with Crippen molar-refractivity contribution in [2.75, 3.05) is 3.71 Å². The van der Waals surface area contributed by atoms with E-state index in [4.69, 9.17) is 0 Å². The van der Waals surface area contributed by atoms with Gasteiger partial charge in [-0.15, -0.1) is 7.77 Å². The lowest BCUT2D eigenvalue weighted by Crippen LogP contribution is -2.21. The molecule has 0 saturated carbocycles. The van der Waals surface area contributed by atoms with E-state index in [9.17, 15) is 13.0 Å². The molecule has 2 aliphatic rings. The fourth-order valence-electron chi connectivity index (χ4n) is 3.80. The molecule has 5 nitrogen and oxygen atoms in total. The first kappa shape index (κ1) is 15.8. The first-order valence-corrected chi connectivity index (χ1v) is 8.93. The van der Waals surface area contributed by atoms with Crippen molar-refractivity contribution in [1.29, 1.82) is 5.26 Å². The first-order valence-electron chi connectivity index (χ1n) is 7.58. The van der Waals surface area contributed by atoms with Crippen molar-refractivity contribution in [3.05, 3.63) is 30.1 Å². The third-order valence-corrected chi connectivity index (χ3v) is 5.83. The van der Waals surface area contributed by atoms with Crippen molar-refractivity contribution in [2.24, 2.45) is 0 Å². The van der Waals surface area contributed by atoms with Crippen molar-refractivity contribution >= 4 is 48.4 Å². The summed E-state index contributed by atoms with van der Waals surface area (Å²) >= 11 is -0.432. The van der Waals surface area contributed by atoms with Gasteiger partial charge >= 0.3 is 0 Å². The standard InChI is InChI=1S/C14H12BF2N5S2/c16-23-22(24-17)14-7-12(20-13-3-4-19-21(13)14)9-5-10-1-2-11(6-9)15(10)8-18/h3-5,7,10-11H,1-2,6H2. The van der Waals surface area contributed by atoms with Crippen LogP contribution in [0.25, 0.3) is 11.2 Å². The molecule has 2 bridgehead atoms. The fourth-order valence-corrected chi connectivity index (χ4v) is 4.29. The normalized spacial score (nSPS) is 22.5.